The van der Waals surface area contributed by atoms with E-state index in [-0.39, 0.29) is 0 Å². The fourth-order valence-corrected chi connectivity index (χ4v) is 3.29. The largest absolute Gasteiger partial charge is 0.256 e. The van der Waals surface area contributed by atoms with Gasteiger partial charge in [0.05, 0.1) is 5.69 Å². The van der Waals surface area contributed by atoms with Gasteiger partial charge in [0.2, 0.25) is 0 Å². The van der Waals surface area contributed by atoms with Crippen LogP contribution in [0.15, 0.2) is 48.7 Å². The molecule has 1 heterocycles. The first-order valence-electron chi connectivity index (χ1n) is 9.16. The summed E-state index contributed by atoms with van der Waals surface area (Å²) in [5.41, 5.74) is 5.13. The van der Waals surface area contributed by atoms with Crippen LogP contribution in [0.1, 0.15) is 43.0 Å². The van der Waals surface area contributed by atoms with Gasteiger partial charge in [-0.15, -0.1) is 9.24 Å². The third-order valence-corrected chi connectivity index (χ3v) is 4.75. The quantitative estimate of drug-likeness (QED) is 0.582. The molecule has 132 valence electrons. The van der Waals surface area contributed by atoms with Crippen LogP contribution in [0, 0.1) is 19.8 Å². The molecule has 0 aliphatic heterocycles. The van der Waals surface area contributed by atoms with E-state index in [1.54, 1.807) is 0 Å². The lowest BCUT2D eigenvalue weighted by atomic mass is 9.83. The molecule has 0 bridgehead atoms. The van der Waals surface area contributed by atoms with Gasteiger partial charge in [0.15, 0.2) is 0 Å². The highest BCUT2D eigenvalue weighted by molar-refractivity contribution is 7.15. The summed E-state index contributed by atoms with van der Waals surface area (Å²) in [6.07, 6.45) is 12.3. The lowest BCUT2D eigenvalue weighted by Gasteiger charge is -2.22. The predicted molar refractivity (Wildman–Crippen MR) is 114 cm³/mol. The maximum atomic E-state index is 4.77. The van der Waals surface area contributed by atoms with Crippen LogP contribution in [0.4, 0.5) is 0 Å². The average Bonchev–Trinajstić information content (AvgIpc) is 2.66. The molecule has 2 aromatic rings. The number of nitrogens with zero attached hydrogens (tertiary/aromatic N) is 1. The highest BCUT2D eigenvalue weighted by Gasteiger charge is 2.19. The Morgan fingerprint density at radius 2 is 1.88 bits per heavy atom. The van der Waals surface area contributed by atoms with Gasteiger partial charge in [-0.05, 0) is 72.2 Å². The van der Waals surface area contributed by atoms with Crippen LogP contribution < -0.4 is 10.4 Å². The fourth-order valence-electron chi connectivity index (χ4n) is 3.29. The maximum absolute atomic E-state index is 4.77. The van der Waals surface area contributed by atoms with Gasteiger partial charge in [-0.3, -0.25) is 4.98 Å². The highest BCUT2D eigenvalue weighted by atomic mass is 31.0. The number of allylic oxidation sites excluding steroid dienone is 2. The number of hydrogen-bond acceptors (Lipinski definition) is 1. The fraction of sp³-hybridized carbons (Fsp3) is 0.348. The summed E-state index contributed by atoms with van der Waals surface area (Å²) in [4.78, 5) is 4.77. The van der Waals surface area contributed by atoms with Crippen molar-refractivity contribution in [3.8, 4) is 0 Å². The van der Waals surface area contributed by atoms with Gasteiger partial charge in [0.25, 0.3) is 0 Å². The molecule has 2 unspecified atom stereocenters. The van der Waals surface area contributed by atoms with E-state index in [0.29, 0.717) is 5.92 Å². The summed E-state index contributed by atoms with van der Waals surface area (Å²) in [7, 11) is 2.42. The predicted octanol–water partition coefficient (Wildman–Crippen LogP) is 4.55. The molecule has 0 amide bonds. The van der Waals surface area contributed by atoms with Crippen molar-refractivity contribution in [3.63, 3.8) is 0 Å². The van der Waals surface area contributed by atoms with Crippen molar-refractivity contribution < 1.29 is 0 Å². The van der Waals surface area contributed by atoms with Crippen molar-refractivity contribution in [2.75, 3.05) is 6.66 Å². The van der Waals surface area contributed by atoms with E-state index in [9.17, 15) is 0 Å². The summed E-state index contributed by atoms with van der Waals surface area (Å²) in [6, 6.07) is 11.0. The maximum Gasteiger partial charge on any atom is 0.0673 e. The van der Waals surface area contributed by atoms with Gasteiger partial charge in [0.1, 0.15) is 0 Å². The van der Waals surface area contributed by atoms with Gasteiger partial charge in [0, 0.05) is 6.20 Å². The molecule has 0 saturated carbocycles. The standard InChI is InChI=1S/C22H25N.CH5P/c1-4-5-6-10-19-13-12-18-9-7-8-11-20(18)22(19)21-14-16(2)17(3)15-23-21;1-2/h5-9,11-12,14-15,19H,4,10,13H2,1-3H3;2H2,1H3. The number of aryl methyl sites for hydroxylation is 2. The number of hydrogen-bond donors (Lipinski definition) is 0. The number of pyridine rings is 1. The smallest absolute Gasteiger partial charge is 0.0673 e. The molecule has 3 rings (SSSR count). The molecule has 0 saturated heterocycles. The number of benzene rings is 1. The molecule has 0 fully saturated rings. The molecule has 1 aliphatic carbocycles. The first kappa shape index (κ1) is 19.6. The number of aromatic nitrogens is 1. The Labute approximate surface area is 154 Å². The first-order chi connectivity index (χ1) is 12.2. The minimum atomic E-state index is 0.516. The van der Waals surface area contributed by atoms with Crippen molar-refractivity contribution in [2.24, 2.45) is 5.92 Å². The Hall–Kier alpha value is -1.72. The van der Waals surface area contributed by atoms with Crippen LogP contribution in [0.3, 0.4) is 0 Å². The van der Waals surface area contributed by atoms with Crippen molar-refractivity contribution in [1.82, 2.24) is 4.98 Å². The Balaban J connectivity index is 0.00000109. The lowest BCUT2D eigenvalue weighted by molar-refractivity contribution is 0.697. The van der Waals surface area contributed by atoms with E-state index in [0.717, 1.165) is 25.0 Å². The molecule has 0 spiro atoms. The number of fused-ring (bicyclic) bond motifs is 1. The van der Waals surface area contributed by atoms with E-state index in [1.807, 2.05) is 12.9 Å². The van der Waals surface area contributed by atoms with Crippen LogP contribution >= 0.6 is 9.24 Å². The van der Waals surface area contributed by atoms with Gasteiger partial charge in [-0.1, -0.05) is 56.1 Å². The summed E-state index contributed by atoms with van der Waals surface area (Å²) < 4.78 is 0. The third-order valence-electron chi connectivity index (χ3n) is 4.75. The minimum Gasteiger partial charge on any atom is -0.256 e. The Kier molecular flexibility index (Phi) is 7.59. The second-order valence-electron chi connectivity index (χ2n) is 6.41. The van der Waals surface area contributed by atoms with Crippen LogP contribution in [-0.4, -0.2) is 11.6 Å². The van der Waals surface area contributed by atoms with E-state index in [4.69, 9.17) is 4.98 Å². The van der Waals surface area contributed by atoms with Crippen LogP contribution in [-0.2, 0) is 0 Å². The molecule has 1 aromatic carbocycles. The Bertz CT molecular complexity index is 849. The second-order valence-corrected chi connectivity index (χ2v) is 6.41. The van der Waals surface area contributed by atoms with E-state index >= 15 is 0 Å². The molecule has 2 atom stereocenters. The second kappa shape index (κ2) is 9.68. The average molecular weight is 351 g/mol. The molecule has 1 aliphatic rings. The topological polar surface area (TPSA) is 12.9 Å². The molecule has 0 N–H and O–H groups in total. The van der Waals surface area contributed by atoms with Gasteiger partial charge < -0.3 is 0 Å². The van der Waals surface area contributed by atoms with Crippen LogP contribution in [0.25, 0.3) is 11.6 Å². The SMILES string of the molecule is CCC=CCC1CC=c2ccccc2=C1c1cc(C)c(C)cn1.CP. The Morgan fingerprint density at radius 1 is 1.12 bits per heavy atom. The molecule has 25 heavy (non-hydrogen) atoms. The van der Waals surface area contributed by atoms with Gasteiger partial charge in [-0.2, -0.15) is 0 Å². The zero-order chi connectivity index (χ0) is 18.2. The van der Waals surface area contributed by atoms with E-state index in [1.165, 1.54) is 27.1 Å². The zero-order valence-electron chi connectivity index (χ0n) is 15.9. The summed E-state index contributed by atoms with van der Waals surface area (Å²) in [5.74, 6) is 0.516. The normalized spacial score (nSPS) is 16.0. The van der Waals surface area contributed by atoms with Gasteiger partial charge >= 0.3 is 0 Å². The third kappa shape index (κ3) is 4.67. The first-order valence-corrected chi connectivity index (χ1v) is 10.3. The Morgan fingerprint density at radius 3 is 2.60 bits per heavy atom. The minimum absolute atomic E-state index is 0.516. The summed E-state index contributed by atoms with van der Waals surface area (Å²) >= 11 is 0. The number of rotatable bonds is 4. The van der Waals surface area contributed by atoms with Crippen molar-refractivity contribution in [1.29, 1.82) is 0 Å². The van der Waals surface area contributed by atoms with Crippen molar-refractivity contribution >= 4 is 20.9 Å². The molecule has 1 aromatic heterocycles. The molecule has 2 heteroatoms. The lowest BCUT2D eigenvalue weighted by Crippen LogP contribution is -2.33. The van der Waals surface area contributed by atoms with Crippen LogP contribution in [0.5, 0.6) is 0 Å². The highest BCUT2D eigenvalue weighted by Crippen LogP contribution is 2.28. The van der Waals surface area contributed by atoms with Crippen molar-refractivity contribution in [2.45, 2.75) is 40.0 Å². The summed E-state index contributed by atoms with van der Waals surface area (Å²) in [6.45, 7) is 8.41. The van der Waals surface area contributed by atoms with Crippen LogP contribution in [0.2, 0.25) is 0 Å². The molecule has 0 radical (unpaired) electrons. The van der Waals surface area contributed by atoms with Crippen molar-refractivity contribution in [3.05, 3.63) is 75.9 Å². The van der Waals surface area contributed by atoms with E-state index < -0.39 is 0 Å². The van der Waals surface area contributed by atoms with E-state index in [2.05, 4.69) is 78.6 Å². The molecule has 1 nitrogen and oxygen atoms in total. The monoisotopic (exact) mass is 351 g/mol. The van der Waals surface area contributed by atoms with Gasteiger partial charge in [-0.25, -0.2) is 0 Å². The molecular weight excluding hydrogens is 321 g/mol. The summed E-state index contributed by atoms with van der Waals surface area (Å²) in [5, 5.41) is 2.70. The molecular formula is C23H30NP. The zero-order valence-corrected chi connectivity index (χ0v) is 17.1.